The highest BCUT2D eigenvalue weighted by Gasteiger charge is 2.47. The zero-order valence-electron chi connectivity index (χ0n) is 42.8. The van der Waals surface area contributed by atoms with Crippen molar-refractivity contribution in [3.8, 4) is 22.3 Å². The Morgan fingerprint density at radius 3 is 1.60 bits per heavy atom. The molecule has 0 aliphatic heterocycles. The SMILES string of the molecule is C=C/C=c1/cc(N(c2ccccc2)c2ccc(N(c3ccccc3)c3ccc4c(c3)C(C)(C)c3c-4ccc4c3C(C)(C)c3cc(N(c5ccccc5)C5C=CC(C)=CC5)c5ccccc5c3-4)cc2)cc/c1=C/C. The summed E-state index contributed by atoms with van der Waals surface area (Å²) in [5, 5.41) is 4.91. The standard InChI is InChI=1S/C70H61N3/c1-8-21-49-44-56(35-32-48(49)9-2)71(50-22-13-10-14-23-50)53-36-38-54(39-37-53)72(51-24-15-11-16-25-51)57-40-41-58-61-42-43-62-66-60-29-20-19-28-59(60)65(73(52-26-17-12-18-27-52)55-33-30-47(3)31-34-55)46-64(66)70(6,7)68(62)67(61)69(4,5)63(58)45-57/h8-33,35-46,55H,1,34H2,2-7H3/b48-9-,49-21-. The number of allylic oxidation sites excluding steroid dienone is 3. The lowest BCUT2D eigenvalue weighted by Gasteiger charge is -2.35. The minimum absolute atomic E-state index is 0.195. The number of rotatable bonds is 10. The first-order valence-electron chi connectivity index (χ1n) is 25.8. The normalized spacial score (nSPS) is 16.1. The van der Waals surface area contributed by atoms with Crippen LogP contribution in [-0.2, 0) is 10.8 Å². The van der Waals surface area contributed by atoms with Gasteiger partial charge < -0.3 is 14.7 Å². The molecule has 0 saturated heterocycles. The predicted molar refractivity (Wildman–Crippen MR) is 312 cm³/mol. The lowest BCUT2D eigenvalue weighted by atomic mass is 9.72. The molecule has 0 fully saturated rings. The first-order valence-corrected chi connectivity index (χ1v) is 25.8. The number of para-hydroxylation sites is 3. The fraction of sp³-hybridized carbons (Fsp3) is 0.143. The summed E-state index contributed by atoms with van der Waals surface area (Å²) in [5.41, 5.74) is 20.8. The van der Waals surface area contributed by atoms with Crippen molar-refractivity contribution in [2.45, 2.75) is 64.8 Å². The van der Waals surface area contributed by atoms with Crippen molar-refractivity contribution < 1.29 is 0 Å². The average molecular weight is 944 g/mol. The van der Waals surface area contributed by atoms with Crippen molar-refractivity contribution in [3.63, 3.8) is 0 Å². The van der Waals surface area contributed by atoms with E-state index in [9.17, 15) is 0 Å². The number of nitrogens with zero attached hydrogens (tertiary/aromatic N) is 3. The van der Waals surface area contributed by atoms with Gasteiger partial charge in [0.2, 0.25) is 0 Å². The van der Waals surface area contributed by atoms with Gasteiger partial charge in [-0.25, -0.2) is 0 Å². The van der Waals surface area contributed by atoms with E-state index in [0.29, 0.717) is 0 Å². The summed E-state index contributed by atoms with van der Waals surface area (Å²) in [7, 11) is 0. The molecule has 73 heavy (non-hydrogen) atoms. The molecule has 3 aliphatic carbocycles. The van der Waals surface area contributed by atoms with E-state index in [1.54, 1.807) is 0 Å². The Morgan fingerprint density at radius 1 is 0.493 bits per heavy atom. The fourth-order valence-corrected chi connectivity index (χ4v) is 12.4. The summed E-state index contributed by atoms with van der Waals surface area (Å²) < 4.78 is 0. The molecular weight excluding hydrogens is 883 g/mol. The molecule has 0 radical (unpaired) electrons. The van der Waals surface area contributed by atoms with Crippen LogP contribution in [0.25, 0.3) is 45.2 Å². The van der Waals surface area contributed by atoms with Gasteiger partial charge in [-0.15, -0.1) is 0 Å². The molecule has 9 aromatic carbocycles. The van der Waals surface area contributed by atoms with Crippen LogP contribution in [0.2, 0.25) is 0 Å². The van der Waals surface area contributed by atoms with E-state index in [2.05, 4.69) is 287 Å². The molecule has 12 rings (SSSR count). The van der Waals surface area contributed by atoms with Crippen LogP contribution >= 0.6 is 0 Å². The van der Waals surface area contributed by atoms with Crippen LogP contribution in [0.4, 0.5) is 45.5 Å². The Hall–Kier alpha value is -8.40. The Labute approximate surface area is 431 Å². The molecule has 9 aromatic rings. The maximum Gasteiger partial charge on any atom is 0.0560 e. The molecule has 1 atom stereocenters. The van der Waals surface area contributed by atoms with Crippen LogP contribution in [0.5, 0.6) is 0 Å². The number of benzene rings is 9. The summed E-state index contributed by atoms with van der Waals surface area (Å²) in [5.74, 6) is 0. The Kier molecular flexibility index (Phi) is 11.3. The summed E-state index contributed by atoms with van der Waals surface area (Å²) in [4.78, 5) is 7.33. The molecule has 0 amide bonds. The largest absolute Gasteiger partial charge is 0.334 e. The monoisotopic (exact) mass is 943 g/mol. The molecule has 3 nitrogen and oxygen atoms in total. The van der Waals surface area contributed by atoms with Gasteiger partial charge in [-0.2, -0.15) is 0 Å². The van der Waals surface area contributed by atoms with Gasteiger partial charge in [-0.1, -0.05) is 179 Å². The second-order valence-corrected chi connectivity index (χ2v) is 20.9. The van der Waals surface area contributed by atoms with Crippen molar-refractivity contribution >= 4 is 68.4 Å². The molecule has 0 heterocycles. The summed E-state index contributed by atoms with van der Waals surface area (Å²) in [6.45, 7) is 18.1. The van der Waals surface area contributed by atoms with Gasteiger partial charge in [0.15, 0.2) is 0 Å². The topological polar surface area (TPSA) is 9.72 Å². The summed E-state index contributed by atoms with van der Waals surface area (Å²) in [6, 6.07) is 72.0. The molecule has 0 spiro atoms. The molecule has 3 aliphatic rings. The fourth-order valence-electron chi connectivity index (χ4n) is 12.4. The van der Waals surface area contributed by atoms with Gasteiger partial charge in [0.05, 0.1) is 6.04 Å². The van der Waals surface area contributed by atoms with E-state index in [-0.39, 0.29) is 16.9 Å². The number of anilines is 8. The number of fused-ring (bicyclic) bond motifs is 9. The third-order valence-corrected chi connectivity index (χ3v) is 15.9. The van der Waals surface area contributed by atoms with Crippen molar-refractivity contribution in [1.29, 1.82) is 0 Å². The molecule has 356 valence electrons. The third kappa shape index (κ3) is 7.57. The smallest absolute Gasteiger partial charge is 0.0560 e. The predicted octanol–water partition coefficient (Wildman–Crippen LogP) is 17.6. The van der Waals surface area contributed by atoms with Crippen LogP contribution in [0, 0.1) is 0 Å². The molecular formula is C70H61N3. The van der Waals surface area contributed by atoms with Crippen molar-refractivity contribution in [1.82, 2.24) is 0 Å². The highest BCUT2D eigenvalue weighted by Crippen LogP contribution is 2.61. The summed E-state index contributed by atoms with van der Waals surface area (Å²) in [6.07, 6.45) is 14.1. The van der Waals surface area contributed by atoms with Gasteiger partial charge >= 0.3 is 0 Å². The first kappa shape index (κ1) is 45.7. The maximum atomic E-state index is 4.01. The van der Waals surface area contributed by atoms with Crippen LogP contribution in [0.1, 0.15) is 70.2 Å². The van der Waals surface area contributed by atoms with Crippen molar-refractivity contribution in [3.05, 3.63) is 263 Å². The summed E-state index contributed by atoms with van der Waals surface area (Å²) >= 11 is 0. The lowest BCUT2D eigenvalue weighted by Crippen LogP contribution is -2.30. The second-order valence-electron chi connectivity index (χ2n) is 20.9. The Balaban J connectivity index is 0.958. The van der Waals surface area contributed by atoms with Gasteiger partial charge in [-0.3, -0.25) is 0 Å². The third-order valence-electron chi connectivity index (χ3n) is 15.9. The Bertz CT molecular complexity index is 3800. The molecule has 0 bridgehead atoms. The van der Waals surface area contributed by atoms with Gasteiger partial charge in [-0.05, 0) is 172 Å². The quantitative estimate of drug-likeness (QED) is 0.135. The average Bonchev–Trinajstić information content (AvgIpc) is 3.81. The van der Waals surface area contributed by atoms with Crippen molar-refractivity contribution in [2.24, 2.45) is 0 Å². The van der Waals surface area contributed by atoms with E-state index < -0.39 is 0 Å². The van der Waals surface area contributed by atoms with Crippen LogP contribution < -0.4 is 25.1 Å². The molecule has 0 saturated carbocycles. The molecule has 0 aromatic heterocycles. The van der Waals surface area contributed by atoms with E-state index in [0.717, 1.165) is 45.8 Å². The number of hydrogen-bond acceptors (Lipinski definition) is 3. The first-order chi connectivity index (χ1) is 35.6. The minimum Gasteiger partial charge on any atom is -0.334 e. The zero-order chi connectivity index (χ0) is 50.0. The number of hydrogen-bond donors (Lipinski definition) is 0. The second kappa shape index (κ2) is 18.0. The molecule has 0 N–H and O–H groups in total. The van der Waals surface area contributed by atoms with E-state index in [1.165, 1.54) is 77.4 Å². The van der Waals surface area contributed by atoms with Gasteiger partial charge in [0, 0.05) is 61.7 Å². The van der Waals surface area contributed by atoms with E-state index in [1.807, 2.05) is 6.08 Å². The lowest BCUT2D eigenvalue weighted by molar-refractivity contribution is 0.601. The maximum absolute atomic E-state index is 4.01. The highest BCUT2D eigenvalue weighted by atomic mass is 15.2. The molecule has 3 heteroatoms. The van der Waals surface area contributed by atoms with Crippen molar-refractivity contribution in [2.75, 3.05) is 14.7 Å². The van der Waals surface area contributed by atoms with E-state index in [4.69, 9.17) is 0 Å². The van der Waals surface area contributed by atoms with Gasteiger partial charge in [0.1, 0.15) is 0 Å². The van der Waals surface area contributed by atoms with Gasteiger partial charge in [0.25, 0.3) is 0 Å². The van der Waals surface area contributed by atoms with Crippen LogP contribution in [0.15, 0.2) is 231 Å². The van der Waals surface area contributed by atoms with Crippen LogP contribution in [0.3, 0.4) is 0 Å². The minimum atomic E-state index is -0.285. The van der Waals surface area contributed by atoms with Crippen LogP contribution in [-0.4, -0.2) is 6.04 Å². The van der Waals surface area contributed by atoms with E-state index >= 15 is 0 Å². The highest BCUT2D eigenvalue weighted by molar-refractivity contribution is 6.10. The molecule has 1 unspecified atom stereocenters. The Morgan fingerprint density at radius 2 is 1.00 bits per heavy atom. The zero-order valence-corrected chi connectivity index (χ0v) is 42.8.